The number of fused-ring (bicyclic) bond motifs is 1. The Bertz CT molecular complexity index is 952. The number of rotatable bonds is 4. The molecule has 1 saturated heterocycles. The van der Waals surface area contributed by atoms with E-state index in [1.807, 2.05) is 30.3 Å². The Morgan fingerprint density at radius 1 is 1.00 bits per heavy atom. The van der Waals surface area contributed by atoms with Crippen LogP contribution in [-0.4, -0.2) is 51.5 Å². The van der Waals surface area contributed by atoms with Gasteiger partial charge in [0, 0.05) is 18.7 Å². The lowest BCUT2D eigenvalue weighted by molar-refractivity contribution is -0.145. The fourth-order valence-corrected chi connectivity index (χ4v) is 3.89. The molecule has 2 aliphatic heterocycles. The number of carbonyl (C=O) groups is 2. The normalized spacial score (nSPS) is 17.1. The first-order valence-electron chi connectivity index (χ1n) is 9.43. The van der Waals surface area contributed by atoms with Gasteiger partial charge in [-0.3, -0.25) is 9.59 Å². The maximum atomic E-state index is 13.2. The first-order valence-corrected chi connectivity index (χ1v) is 9.43. The monoisotopic (exact) mass is 378 g/mol. The largest absolute Gasteiger partial charge is 0.508 e. The highest BCUT2D eigenvalue weighted by Crippen LogP contribution is 2.38. The molecule has 0 saturated carbocycles. The Hall–Kier alpha value is -3.28. The molecule has 2 N–H and O–H groups in total. The van der Waals surface area contributed by atoms with Crippen molar-refractivity contribution in [1.29, 1.82) is 0 Å². The van der Waals surface area contributed by atoms with Crippen molar-refractivity contribution in [1.82, 2.24) is 9.80 Å². The van der Waals surface area contributed by atoms with Crippen molar-refractivity contribution in [3.63, 3.8) is 0 Å². The van der Waals surface area contributed by atoms with Crippen LogP contribution in [0, 0.1) is 0 Å². The zero-order valence-corrected chi connectivity index (χ0v) is 15.5. The molecule has 6 heteroatoms. The van der Waals surface area contributed by atoms with Crippen molar-refractivity contribution in [3.8, 4) is 11.5 Å². The maximum absolute atomic E-state index is 13.2. The number of nitrogens with zero attached hydrogens (tertiary/aromatic N) is 2. The molecule has 0 aromatic heterocycles. The summed E-state index contributed by atoms with van der Waals surface area (Å²) < 4.78 is 0. The minimum atomic E-state index is -0.201. The van der Waals surface area contributed by atoms with Gasteiger partial charge in [0.25, 0.3) is 5.91 Å². The van der Waals surface area contributed by atoms with Crippen LogP contribution in [0.4, 0.5) is 0 Å². The molecule has 0 spiro atoms. The van der Waals surface area contributed by atoms with Crippen molar-refractivity contribution < 1.29 is 19.8 Å². The summed E-state index contributed by atoms with van der Waals surface area (Å²) in [5.74, 6) is -0.315. The summed E-state index contributed by atoms with van der Waals surface area (Å²) in [5.41, 5.74) is 2.46. The average molecular weight is 378 g/mol. The average Bonchev–Trinajstić information content (AvgIpc) is 2.71. The zero-order chi connectivity index (χ0) is 19.7. The van der Waals surface area contributed by atoms with Crippen molar-refractivity contribution in [2.45, 2.75) is 19.3 Å². The zero-order valence-electron chi connectivity index (χ0n) is 15.5. The highest BCUT2D eigenvalue weighted by molar-refractivity contribution is 6.09. The van der Waals surface area contributed by atoms with Crippen LogP contribution in [0.25, 0.3) is 5.57 Å². The minimum absolute atomic E-state index is 0.00791. The van der Waals surface area contributed by atoms with Gasteiger partial charge < -0.3 is 20.0 Å². The quantitative estimate of drug-likeness (QED) is 0.801. The lowest BCUT2D eigenvalue weighted by atomic mass is 9.92. The molecule has 0 unspecified atom stereocenters. The molecule has 2 amide bonds. The summed E-state index contributed by atoms with van der Waals surface area (Å²) in [6, 6.07) is 14.1. The number of phenols is 2. The molecule has 2 aliphatic rings. The number of amides is 2. The van der Waals surface area contributed by atoms with Crippen molar-refractivity contribution in [2.75, 3.05) is 19.6 Å². The molecular formula is C22H22N2O4. The Morgan fingerprint density at radius 3 is 2.57 bits per heavy atom. The lowest BCUT2D eigenvalue weighted by Gasteiger charge is -2.39. The first kappa shape index (κ1) is 18.1. The van der Waals surface area contributed by atoms with E-state index < -0.39 is 0 Å². The molecule has 0 aliphatic carbocycles. The third-order valence-electron chi connectivity index (χ3n) is 5.30. The molecule has 28 heavy (non-hydrogen) atoms. The molecule has 2 aromatic carbocycles. The van der Waals surface area contributed by atoms with E-state index in [4.69, 9.17) is 0 Å². The fourth-order valence-electron chi connectivity index (χ4n) is 3.89. The van der Waals surface area contributed by atoms with Crippen LogP contribution in [0.2, 0.25) is 0 Å². The van der Waals surface area contributed by atoms with Gasteiger partial charge in [-0.1, -0.05) is 30.3 Å². The van der Waals surface area contributed by atoms with Gasteiger partial charge in [0.1, 0.15) is 23.7 Å². The molecule has 2 heterocycles. The molecule has 144 valence electrons. The van der Waals surface area contributed by atoms with Gasteiger partial charge in [-0.05, 0) is 48.6 Å². The van der Waals surface area contributed by atoms with Crippen molar-refractivity contribution in [3.05, 3.63) is 65.4 Å². The third kappa shape index (κ3) is 3.33. The first-order chi connectivity index (χ1) is 13.5. The predicted molar refractivity (Wildman–Crippen MR) is 104 cm³/mol. The topological polar surface area (TPSA) is 81.1 Å². The molecule has 2 aromatic rings. The van der Waals surface area contributed by atoms with Gasteiger partial charge >= 0.3 is 0 Å². The Kier molecular flexibility index (Phi) is 4.77. The molecule has 0 bridgehead atoms. The molecular weight excluding hydrogens is 356 g/mol. The fraction of sp³-hybridized carbons (Fsp3) is 0.273. The highest BCUT2D eigenvalue weighted by atomic mass is 16.3. The molecule has 6 nitrogen and oxygen atoms in total. The van der Waals surface area contributed by atoms with E-state index in [1.165, 1.54) is 23.1 Å². The van der Waals surface area contributed by atoms with Gasteiger partial charge in [-0.2, -0.15) is 0 Å². The standard InChI is InChI=1S/C22H22N2O4/c25-16-8-9-19(26)18(13-16)17-7-4-11-24-20(27)14-23(22(28)21(17)24)12-10-15-5-2-1-3-6-15/h1-3,5-6,8-9,13,25-26H,4,7,10-12,14H2. The van der Waals surface area contributed by atoms with Crippen LogP contribution in [0.15, 0.2) is 54.2 Å². The van der Waals surface area contributed by atoms with E-state index >= 15 is 0 Å². The number of piperazine rings is 1. The van der Waals surface area contributed by atoms with Gasteiger partial charge in [0.2, 0.25) is 5.91 Å². The van der Waals surface area contributed by atoms with E-state index in [0.29, 0.717) is 49.2 Å². The van der Waals surface area contributed by atoms with E-state index in [2.05, 4.69) is 0 Å². The number of hydrogen-bond donors (Lipinski definition) is 2. The van der Waals surface area contributed by atoms with Crippen LogP contribution in [0.1, 0.15) is 24.0 Å². The summed E-state index contributed by atoms with van der Waals surface area (Å²) >= 11 is 0. The Morgan fingerprint density at radius 2 is 1.79 bits per heavy atom. The highest BCUT2D eigenvalue weighted by Gasteiger charge is 2.39. The molecule has 0 atom stereocenters. The Balaban J connectivity index is 1.68. The predicted octanol–water partition coefficient (Wildman–Crippen LogP) is 2.52. The number of phenolic OH excluding ortho intramolecular Hbond substituents is 2. The molecule has 0 radical (unpaired) electrons. The van der Waals surface area contributed by atoms with Crippen LogP contribution in [0.3, 0.4) is 0 Å². The number of carbonyl (C=O) groups excluding carboxylic acids is 2. The van der Waals surface area contributed by atoms with Gasteiger partial charge in [-0.25, -0.2) is 0 Å². The summed E-state index contributed by atoms with van der Waals surface area (Å²) in [6.07, 6.45) is 1.94. The van der Waals surface area contributed by atoms with E-state index in [9.17, 15) is 19.8 Å². The number of allylic oxidation sites excluding steroid dienone is 1. The minimum Gasteiger partial charge on any atom is -0.508 e. The van der Waals surface area contributed by atoms with Crippen LogP contribution in [0.5, 0.6) is 11.5 Å². The third-order valence-corrected chi connectivity index (χ3v) is 5.30. The second-order valence-electron chi connectivity index (χ2n) is 7.14. The molecule has 4 rings (SSSR count). The SMILES string of the molecule is O=C1C2=C(c3cc(O)ccc3O)CCCN2C(=O)CN1CCc1ccccc1. The van der Waals surface area contributed by atoms with Gasteiger partial charge in [0.05, 0.1) is 0 Å². The number of aromatic hydroxyl groups is 2. The number of benzene rings is 2. The van der Waals surface area contributed by atoms with Gasteiger partial charge in [-0.15, -0.1) is 0 Å². The van der Waals surface area contributed by atoms with Crippen molar-refractivity contribution in [2.24, 2.45) is 0 Å². The maximum Gasteiger partial charge on any atom is 0.271 e. The summed E-state index contributed by atoms with van der Waals surface area (Å²) in [4.78, 5) is 29.1. The van der Waals surface area contributed by atoms with E-state index in [-0.39, 0.29) is 29.9 Å². The second-order valence-corrected chi connectivity index (χ2v) is 7.14. The second kappa shape index (κ2) is 7.38. The van der Waals surface area contributed by atoms with E-state index in [0.717, 1.165) is 5.56 Å². The van der Waals surface area contributed by atoms with E-state index in [1.54, 1.807) is 4.90 Å². The Labute approximate surface area is 163 Å². The summed E-state index contributed by atoms with van der Waals surface area (Å²) in [6.45, 7) is 1.01. The van der Waals surface area contributed by atoms with Crippen LogP contribution in [-0.2, 0) is 16.0 Å². The van der Waals surface area contributed by atoms with Crippen molar-refractivity contribution >= 4 is 17.4 Å². The lowest BCUT2D eigenvalue weighted by Crippen LogP contribution is -2.54. The summed E-state index contributed by atoms with van der Waals surface area (Å²) in [5, 5.41) is 20.1. The van der Waals surface area contributed by atoms with Crippen LogP contribution >= 0.6 is 0 Å². The van der Waals surface area contributed by atoms with Crippen LogP contribution < -0.4 is 0 Å². The molecule has 1 fully saturated rings. The smallest absolute Gasteiger partial charge is 0.271 e. The van der Waals surface area contributed by atoms with Gasteiger partial charge in [0.15, 0.2) is 0 Å². The number of hydrogen-bond acceptors (Lipinski definition) is 4. The summed E-state index contributed by atoms with van der Waals surface area (Å²) in [7, 11) is 0.